The van der Waals surface area contributed by atoms with Crippen LogP contribution in [0.15, 0.2) is 36.4 Å². The molecule has 0 radical (unpaired) electrons. The molecule has 0 amide bonds. The summed E-state index contributed by atoms with van der Waals surface area (Å²) in [6, 6.07) is 10.3. The monoisotopic (exact) mass is 533 g/mol. The fraction of sp³-hybridized carbons (Fsp3) is 0.481. The molecule has 4 N–H and O–H groups in total. The van der Waals surface area contributed by atoms with E-state index in [0.717, 1.165) is 48.2 Å². The van der Waals surface area contributed by atoms with E-state index in [0.29, 0.717) is 23.1 Å². The Morgan fingerprint density at radius 1 is 0.917 bits per heavy atom. The molecule has 2 heterocycles. The van der Waals surface area contributed by atoms with Crippen LogP contribution in [0.25, 0.3) is 0 Å². The van der Waals surface area contributed by atoms with E-state index in [-0.39, 0.29) is 12.8 Å². The van der Waals surface area contributed by atoms with Crippen LogP contribution >= 0.6 is 23.2 Å². The first-order chi connectivity index (χ1) is 17.1. The minimum Gasteiger partial charge on any atom is -0.453 e. The lowest BCUT2D eigenvalue weighted by atomic mass is 9.91. The molecule has 0 fully saturated rings. The zero-order valence-electron chi connectivity index (χ0n) is 20.7. The van der Waals surface area contributed by atoms with Gasteiger partial charge in [0.2, 0.25) is 0 Å². The summed E-state index contributed by atoms with van der Waals surface area (Å²) < 4.78 is 11.8. The maximum absolute atomic E-state index is 13.0. The smallest absolute Gasteiger partial charge is 0.323 e. The molecule has 7 nitrogen and oxygen atoms in total. The minimum atomic E-state index is -0.970. The normalized spacial score (nSPS) is 24.5. The molecular formula is C27H33Cl2N3O4. The first kappa shape index (κ1) is 26.9. The van der Waals surface area contributed by atoms with E-state index in [4.69, 9.17) is 38.4 Å². The summed E-state index contributed by atoms with van der Waals surface area (Å²) in [6.45, 7) is 6.17. The summed E-state index contributed by atoms with van der Waals surface area (Å²) in [5, 5.41) is 7.81. The Kier molecular flexibility index (Phi) is 8.27. The van der Waals surface area contributed by atoms with Crippen LogP contribution in [0.4, 0.5) is 0 Å². The third-order valence-electron chi connectivity index (χ3n) is 6.98. The SMILES string of the molecule is C[C@]1(OC(=O)CC[C@@H](N)C(=O)O[C@@]2(C)CNCCc3ccc(Cl)cc32)CNCCc2ccc(Cl)cc21. The van der Waals surface area contributed by atoms with E-state index in [1.165, 1.54) is 0 Å². The quantitative estimate of drug-likeness (QED) is 0.487. The van der Waals surface area contributed by atoms with E-state index in [9.17, 15) is 9.59 Å². The summed E-state index contributed by atoms with van der Waals surface area (Å²) in [6.07, 6.45) is 1.71. The Bertz CT molecular complexity index is 1140. The van der Waals surface area contributed by atoms with E-state index in [2.05, 4.69) is 10.6 Å². The molecule has 2 aliphatic heterocycles. The molecule has 0 saturated heterocycles. The molecule has 194 valence electrons. The summed E-state index contributed by atoms with van der Waals surface area (Å²) in [5.74, 6) is -1.01. The Morgan fingerprint density at radius 3 is 1.94 bits per heavy atom. The van der Waals surface area contributed by atoms with Crippen molar-refractivity contribution in [2.75, 3.05) is 26.2 Å². The lowest BCUT2D eigenvalue weighted by Gasteiger charge is -2.32. The fourth-order valence-corrected chi connectivity index (χ4v) is 5.33. The van der Waals surface area contributed by atoms with Crippen molar-refractivity contribution >= 4 is 35.1 Å². The van der Waals surface area contributed by atoms with Gasteiger partial charge < -0.3 is 25.8 Å². The molecule has 4 rings (SSSR count). The molecule has 0 saturated carbocycles. The van der Waals surface area contributed by atoms with Crippen LogP contribution in [0.3, 0.4) is 0 Å². The van der Waals surface area contributed by atoms with Crippen molar-refractivity contribution in [2.45, 2.75) is 56.8 Å². The highest BCUT2D eigenvalue weighted by atomic mass is 35.5. The first-order valence-corrected chi connectivity index (χ1v) is 13.0. The second kappa shape index (κ2) is 11.1. The van der Waals surface area contributed by atoms with Crippen molar-refractivity contribution in [1.82, 2.24) is 10.6 Å². The molecule has 36 heavy (non-hydrogen) atoms. The second-order valence-corrected chi connectivity index (χ2v) is 10.8. The number of rotatable bonds is 6. The maximum Gasteiger partial charge on any atom is 0.323 e. The zero-order chi connectivity index (χ0) is 25.9. The fourth-order valence-electron chi connectivity index (χ4n) is 4.98. The van der Waals surface area contributed by atoms with E-state index in [1.807, 2.05) is 50.2 Å². The maximum atomic E-state index is 13.0. The highest BCUT2D eigenvalue weighted by Crippen LogP contribution is 2.34. The van der Waals surface area contributed by atoms with Crippen LogP contribution in [-0.2, 0) is 43.1 Å². The number of hydrogen-bond donors (Lipinski definition) is 3. The van der Waals surface area contributed by atoms with E-state index < -0.39 is 29.2 Å². The van der Waals surface area contributed by atoms with Gasteiger partial charge in [-0.2, -0.15) is 0 Å². The van der Waals surface area contributed by atoms with E-state index >= 15 is 0 Å². The van der Waals surface area contributed by atoms with Crippen molar-refractivity contribution in [2.24, 2.45) is 5.73 Å². The van der Waals surface area contributed by atoms with Crippen molar-refractivity contribution in [3.05, 3.63) is 68.7 Å². The van der Waals surface area contributed by atoms with Crippen molar-refractivity contribution in [3.63, 3.8) is 0 Å². The molecular weight excluding hydrogens is 501 g/mol. The van der Waals surface area contributed by atoms with Gasteiger partial charge in [0.05, 0.1) is 0 Å². The minimum absolute atomic E-state index is 0.0147. The van der Waals surface area contributed by atoms with Gasteiger partial charge in [-0.3, -0.25) is 9.59 Å². The first-order valence-electron chi connectivity index (χ1n) is 12.3. The number of esters is 2. The molecule has 2 aliphatic rings. The van der Waals surface area contributed by atoms with Crippen molar-refractivity contribution < 1.29 is 19.1 Å². The topological polar surface area (TPSA) is 103 Å². The summed E-state index contributed by atoms with van der Waals surface area (Å²) in [7, 11) is 0. The predicted molar refractivity (Wildman–Crippen MR) is 140 cm³/mol. The number of halogens is 2. The van der Waals surface area contributed by atoms with E-state index in [1.54, 1.807) is 0 Å². The highest BCUT2D eigenvalue weighted by Gasteiger charge is 2.37. The van der Waals surface area contributed by atoms with Gasteiger partial charge in [0, 0.05) is 40.7 Å². The van der Waals surface area contributed by atoms with Gasteiger partial charge in [0.1, 0.15) is 17.2 Å². The second-order valence-electron chi connectivity index (χ2n) is 9.96. The van der Waals surface area contributed by atoms with Gasteiger partial charge in [0.25, 0.3) is 0 Å². The molecule has 0 aliphatic carbocycles. The number of hydrogen-bond acceptors (Lipinski definition) is 7. The summed E-state index contributed by atoms with van der Waals surface area (Å²) >= 11 is 12.5. The number of benzene rings is 2. The molecule has 0 bridgehead atoms. The molecule has 2 aromatic carbocycles. The number of ether oxygens (including phenoxy) is 2. The number of carbonyl (C=O) groups is 2. The number of nitrogens with two attached hydrogens (primary N) is 1. The lowest BCUT2D eigenvalue weighted by molar-refractivity contribution is -0.162. The average Bonchev–Trinajstić information content (AvgIpc) is 3.09. The summed E-state index contributed by atoms with van der Waals surface area (Å²) in [4.78, 5) is 25.8. The largest absolute Gasteiger partial charge is 0.453 e. The molecule has 0 aromatic heterocycles. The summed E-state index contributed by atoms with van der Waals surface area (Å²) in [5.41, 5.74) is 8.28. The van der Waals surface area contributed by atoms with Crippen LogP contribution in [0, 0.1) is 0 Å². The van der Waals surface area contributed by atoms with Crippen LogP contribution in [0.5, 0.6) is 0 Å². The lowest BCUT2D eigenvalue weighted by Crippen LogP contribution is -2.44. The van der Waals surface area contributed by atoms with Gasteiger partial charge in [0.15, 0.2) is 0 Å². The van der Waals surface area contributed by atoms with Crippen molar-refractivity contribution in [1.29, 1.82) is 0 Å². The number of nitrogens with one attached hydrogen (secondary N) is 2. The molecule has 3 atom stereocenters. The number of carbonyl (C=O) groups excluding carboxylic acids is 2. The van der Waals surface area contributed by atoms with Gasteiger partial charge >= 0.3 is 11.9 Å². The van der Waals surface area contributed by atoms with Gasteiger partial charge in [-0.05, 0) is 81.6 Å². The van der Waals surface area contributed by atoms with Crippen LogP contribution in [0.1, 0.15) is 48.9 Å². The number of fused-ring (bicyclic) bond motifs is 2. The van der Waals surface area contributed by atoms with Crippen molar-refractivity contribution in [3.8, 4) is 0 Å². The molecule has 0 spiro atoms. The Balaban J connectivity index is 1.39. The third-order valence-corrected chi connectivity index (χ3v) is 7.45. The van der Waals surface area contributed by atoms with Crippen LogP contribution in [-0.4, -0.2) is 44.2 Å². The molecule has 2 aromatic rings. The standard InChI is InChI=1S/C27H33Cl2N3O4/c1-26(15-31-11-9-17-3-5-19(28)13-21(17)26)35-24(33)8-7-23(30)25(34)36-27(2)16-32-12-10-18-4-6-20(29)14-22(18)27/h3-6,13-14,23,31-32H,7-12,15-16,30H2,1-2H3/t23-,26+,27+/m1/s1. The van der Waals surface area contributed by atoms with Gasteiger partial charge in [-0.25, -0.2) is 0 Å². The zero-order valence-corrected chi connectivity index (χ0v) is 22.2. The Morgan fingerprint density at radius 2 is 1.42 bits per heavy atom. The predicted octanol–water partition coefficient (Wildman–Crippen LogP) is 3.61. The average molecular weight is 534 g/mol. The van der Waals surface area contributed by atoms with Gasteiger partial charge in [-0.1, -0.05) is 35.3 Å². The molecule has 9 heteroatoms. The van der Waals surface area contributed by atoms with Crippen LogP contribution in [0.2, 0.25) is 10.0 Å². The van der Waals surface area contributed by atoms with Crippen LogP contribution < -0.4 is 16.4 Å². The Labute approximate surface area is 222 Å². The molecule has 0 unspecified atom stereocenters. The third kappa shape index (κ3) is 6.03. The highest BCUT2D eigenvalue weighted by molar-refractivity contribution is 6.31. The van der Waals surface area contributed by atoms with Gasteiger partial charge in [-0.15, -0.1) is 0 Å². The Hall–Kier alpha value is -2.16.